The molecule has 0 saturated carbocycles. The maximum absolute atomic E-state index is 12.0. The molecule has 0 fully saturated rings. The molecule has 0 saturated heterocycles. The molecule has 0 aliphatic rings. The molecule has 2 rings (SSSR count). The Hall–Kier alpha value is -2.07. The Balaban J connectivity index is 2.07. The van der Waals surface area contributed by atoms with E-state index in [1.165, 1.54) is 6.08 Å². The number of ketones is 1. The van der Waals surface area contributed by atoms with Gasteiger partial charge in [0.1, 0.15) is 5.75 Å². The van der Waals surface area contributed by atoms with Gasteiger partial charge < -0.3 is 10.1 Å². The van der Waals surface area contributed by atoms with E-state index in [1.54, 1.807) is 25.4 Å². The molecule has 0 aliphatic carbocycles. The first-order valence-electron chi connectivity index (χ1n) is 6.48. The number of hydrogen-bond donors (Lipinski definition) is 1. The van der Waals surface area contributed by atoms with Gasteiger partial charge in [0.05, 0.1) is 12.8 Å². The third-order valence-electron chi connectivity index (χ3n) is 2.96. The molecule has 0 unspecified atom stereocenters. The Morgan fingerprint density at radius 2 is 1.90 bits per heavy atom. The summed E-state index contributed by atoms with van der Waals surface area (Å²) >= 11 is 3.34. The first-order chi connectivity index (χ1) is 10.1. The van der Waals surface area contributed by atoms with E-state index in [4.69, 9.17) is 4.74 Å². The summed E-state index contributed by atoms with van der Waals surface area (Å²) in [6.45, 7) is 2.00. The highest BCUT2D eigenvalue weighted by molar-refractivity contribution is 9.10. The molecule has 2 aromatic rings. The lowest BCUT2D eigenvalue weighted by Crippen LogP contribution is -1.97. The van der Waals surface area contributed by atoms with Crippen molar-refractivity contribution in [1.82, 2.24) is 0 Å². The van der Waals surface area contributed by atoms with Crippen molar-refractivity contribution >= 4 is 27.4 Å². The van der Waals surface area contributed by atoms with Gasteiger partial charge >= 0.3 is 0 Å². The van der Waals surface area contributed by atoms with Gasteiger partial charge in [-0.2, -0.15) is 0 Å². The number of aryl methyl sites for hydroxylation is 1. The van der Waals surface area contributed by atoms with E-state index < -0.39 is 0 Å². The van der Waals surface area contributed by atoms with E-state index in [2.05, 4.69) is 21.2 Å². The lowest BCUT2D eigenvalue weighted by molar-refractivity contribution is 0.104. The van der Waals surface area contributed by atoms with Gasteiger partial charge in [-0.05, 0) is 48.9 Å². The highest BCUT2D eigenvalue weighted by atomic mass is 79.9. The van der Waals surface area contributed by atoms with Crippen LogP contribution in [0.5, 0.6) is 5.75 Å². The molecule has 0 amide bonds. The zero-order valence-electron chi connectivity index (χ0n) is 11.9. The second-order valence-electron chi connectivity index (χ2n) is 4.55. The molecule has 0 bridgehead atoms. The summed E-state index contributed by atoms with van der Waals surface area (Å²) in [6.07, 6.45) is 3.13. The van der Waals surface area contributed by atoms with E-state index in [-0.39, 0.29) is 5.78 Å². The zero-order chi connectivity index (χ0) is 15.2. The summed E-state index contributed by atoms with van der Waals surface area (Å²) in [6, 6.07) is 13.1. The van der Waals surface area contributed by atoms with Gasteiger partial charge in [-0.15, -0.1) is 0 Å². The van der Waals surface area contributed by atoms with E-state index in [9.17, 15) is 4.79 Å². The monoisotopic (exact) mass is 345 g/mol. The summed E-state index contributed by atoms with van der Waals surface area (Å²) in [5.41, 5.74) is 2.59. The van der Waals surface area contributed by atoms with Gasteiger partial charge in [-0.25, -0.2) is 0 Å². The quantitative estimate of drug-likeness (QED) is 0.636. The number of benzene rings is 2. The number of allylic oxidation sites excluding steroid dienone is 1. The maximum atomic E-state index is 12.0. The van der Waals surface area contributed by atoms with Crippen molar-refractivity contribution in [3.8, 4) is 5.75 Å². The van der Waals surface area contributed by atoms with Crippen LogP contribution in [0.3, 0.4) is 0 Å². The number of anilines is 1. The lowest BCUT2D eigenvalue weighted by atomic mass is 10.1. The Morgan fingerprint density at radius 1 is 1.19 bits per heavy atom. The zero-order valence-corrected chi connectivity index (χ0v) is 13.5. The third kappa shape index (κ3) is 4.20. The van der Waals surface area contributed by atoms with Crippen LogP contribution in [-0.2, 0) is 0 Å². The summed E-state index contributed by atoms with van der Waals surface area (Å²) in [5.74, 6) is 0.683. The Morgan fingerprint density at radius 3 is 2.57 bits per heavy atom. The predicted octanol–water partition coefficient (Wildman–Crippen LogP) is 4.57. The van der Waals surface area contributed by atoms with Crippen molar-refractivity contribution < 1.29 is 9.53 Å². The van der Waals surface area contributed by atoms with Crippen LogP contribution >= 0.6 is 15.9 Å². The lowest BCUT2D eigenvalue weighted by Gasteiger charge is -2.08. The fourth-order valence-corrected chi connectivity index (χ4v) is 2.12. The van der Waals surface area contributed by atoms with Crippen molar-refractivity contribution in [3.63, 3.8) is 0 Å². The molecule has 21 heavy (non-hydrogen) atoms. The Kier molecular flexibility index (Phi) is 5.17. The van der Waals surface area contributed by atoms with Crippen molar-refractivity contribution in [2.75, 3.05) is 12.4 Å². The Labute approximate surface area is 132 Å². The van der Waals surface area contributed by atoms with Crippen molar-refractivity contribution in [2.24, 2.45) is 0 Å². The van der Waals surface area contributed by atoms with Gasteiger partial charge in [0.25, 0.3) is 0 Å². The maximum Gasteiger partial charge on any atom is 0.187 e. The first kappa shape index (κ1) is 15.3. The average Bonchev–Trinajstić information content (AvgIpc) is 2.48. The number of carbonyl (C=O) groups is 1. The molecule has 1 N–H and O–H groups in total. The number of rotatable bonds is 5. The molecule has 0 radical (unpaired) electrons. The highest BCUT2D eigenvalue weighted by Gasteiger charge is 2.03. The van der Waals surface area contributed by atoms with Crippen LogP contribution in [0.15, 0.2) is 59.2 Å². The fraction of sp³-hybridized carbons (Fsp3) is 0.118. The largest absolute Gasteiger partial charge is 0.495 e. The average molecular weight is 346 g/mol. The highest BCUT2D eigenvalue weighted by Crippen LogP contribution is 2.25. The fourth-order valence-electron chi connectivity index (χ4n) is 1.85. The molecule has 2 aromatic carbocycles. The third-order valence-corrected chi connectivity index (χ3v) is 3.49. The molecule has 0 heterocycles. The van der Waals surface area contributed by atoms with Crippen LogP contribution in [0.1, 0.15) is 15.9 Å². The summed E-state index contributed by atoms with van der Waals surface area (Å²) in [7, 11) is 1.62. The predicted molar refractivity (Wildman–Crippen MR) is 89.0 cm³/mol. The molecule has 0 atom stereocenters. The van der Waals surface area contributed by atoms with E-state index in [0.717, 1.165) is 21.5 Å². The van der Waals surface area contributed by atoms with Gasteiger partial charge in [0, 0.05) is 22.3 Å². The SMILES string of the molecule is COc1ccc(C)cc1N/C=C/C(=O)c1ccc(Br)cc1. The normalized spacial score (nSPS) is 10.6. The van der Waals surface area contributed by atoms with E-state index >= 15 is 0 Å². The summed E-state index contributed by atoms with van der Waals surface area (Å²) in [4.78, 5) is 12.0. The van der Waals surface area contributed by atoms with Crippen LogP contribution in [0.25, 0.3) is 0 Å². The Bertz CT molecular complexity index is 663. The molecule has 4 heteroatoms. The number of methoxy groups -OCH3 is 1. The molecular weight excluding hydrogens is 330 g/mol. The molecule has 3 nitrogen and oxygen atoms in total. The van der Waals surface area contributed by atoms with Crippen LogP contribution in [0, 0.1) is 6.92 Å². The molecule has 0 aromatic heterocycles. The van der Waals surface area contributed by atoms with Crippen molar-refractivity contribution in [3.05, 3.63) is 70.3 Å². The minimum atomic E-state index is -0.0541. The van der Waals surface area contributed by atoms with Crippen molar-refractivity contribution in [1.29, 1.82) is 0 Å². The van der Waals surface area contributed by atoms with Crippen LogP contribution in [0.4, 0.5) is 5.69 Å². The molecular formula is C17H16BrNO2. The summed E-state index contributed by atoms with van der Waals surface area (Å²) < 4.78 is 6.22. The standard InChI is InChI=1S/C17H16BrNO2/c1-12-3-8-17(21-2)15(11-12)19-10-9-16(20)13-4-6-14(18)7-5-13/h3-11,19H,1-2H3/b10-9+. The van der Waals surface area contributed by atoms with E-state index in [0.29, 0.717) is 5.56 Å². The second-order valence-corrected chi connectivity index (χ2v) is 5.47. The summed E-state index contributed by atoms with van der Waals surface area (Å²) in [5, 5.41) is 3.08. The molecule has 0 aliphatic heterocycles. The molecule has 108 valence electrons. The van der Waals surface area contributed by atoms with Gasteiger partial charge in [0.15, 0.2) is 5.78 Å². The number of halogens is 1. The minimum absolute atomic E-state index is 0.0541. The topological polar surface area (TPSA) is 38.3 Å². The minimum Gasteiger partial charge on any atom is -0.495 e. The van der Waals surface area contributed by atoms with Gasteiger partial charge in [-0.1, -0.05) is 22.0 Å². The van der Waals surface area contributed by atoms with Crippen LogP contribution in [0.2, 0.25) is 0 Å². The number of carbonyl (C=O) groups excluding carboxylic acids is 1. The second kappa shape index (κ2) is 7.09. The number of nitrogens with one attached hydrogen (secondary N) is 1. The first-order valence-corrected chi connectivity index (χ1v) is 7.27. The van der Waals surface area contributed by atoms with Gasteiger partial charge in [0.2, 0.25) is 0 Å². The van der Waals surface area contributed by atoms with Crippen LogP contribution in [-0.4, -0.2) is 12.9 Å². The smallest absolute Gasteiger partial charge is 0.187 e. The van der Waals surface area contributed by atoms with Gasteiger partial charge in [-0.3, -0.25) is 4.79 Å². The van der Waals surface area contributed by atoms with Crippen molar-refractivity contribution in [2.45, 2.75) is 6.92 Å². The van der Waals surface area contributed by atoms with Crippen LogP contribution < -0.4 is 10.1 Å². The number of ether oxygens (including phenoxy) is 1. The van der Waals surface area contributed by atoms with E-state index in [1.807, 2.05) is 37.3 Å². The molecule has 0 spiro atoms. The number of hydrogen-bond acceptors (Lipinski definition) is 3.